The average Bonchev–Trinajstić information content (AvgIpc) is 3.36. The first-order chi connectivity index (χ1) is 16.0. The molecule has 0 radical (unpaired) electrons. The van der Waals surface area contributed by atoms with E-state index in [-0.39, 0.29) is 29.0 Å². The van der Waals surface area contributed by atoms with Gasteiger partial charge in [-0.15, -0.1) is 11.3 Å². The molecule has 2 aliphatic rings. The minimum absolute atomic E-state index is 0.0875. The fourth-order valence-electron chi connectivity index (χ4n) is 4.49. The molecule has 0 unspecified atom stereocenters. The van der Waals surface area contributed by atoms with Crippen LogP contribution < -0.4 is 10.6 Å². The summed E-state index contributed by atoms with van der Waals surface area (Å²) in [5.74, 6) is 0.266. The van der Waals surface area contributed by atoms with Gasteiger partial charge < -0.3 is 20.6 Å². The zero-order valence-corrected chi connectivity index (χ0v) is 21.5. The van der Waals surface area contributed by atoms with Crippen molar-refractivity contribution >= 4 is 29.0 Å². The molecule has 1 atom stereocenters. The number of anilines is 1. The van der Waals surface area contributed by atoms with Gasteiger partial charge in [-0.25, -0.2) is 9.97 Å². The van der Waals surface area contributed by atoms with Gasteiger partial charge in [0.2, 0.25) is 0 Å². The van der Waals surface area contributed by atoms with E-state index in [2.05, 4.69) is 27.5 Å². The molecule has 3 N–H and O–H groups in total. The zero-order valence-electron chi connectivity index (χ0n) is 20.7. The second kappa shape index (κ2) is 9.26. The summed E-state index contributed by atoms with van der Waals surface area (Å²) in [6, 6.07) is 2.14. The first-order valence-corrected chi connectivity index (χ1v) is 12.8. The minimum Gasteiger partial charge on any atom is -0.389 e. The molecule has 2 fully saturated rings. The Hall–Kier alpha value is -2.52. The Morgan fingerprint density at radius 3 is 2.62 bits per heavy atom. The summed E-state index contributed by atoms with van der Waals surface area (Å²) in [6.45, 7) is 10.3. The first kappa shape index (κ1) is 24.6. The number of likely N-dealkylation sites (tertiary alicyclic amines) is 1. The SMILES string of the molecule is Cc1cc(NC2(C)CCC2)ncc1-c1sc(C(=O)NCC(C)(C)O)nc1C(=O)N1CCC[C@@H]1C. The Balaban J connectivity index is 1.67. The maximum Gasteiger partial charge on any atom is 0.280 e. The average molecular weight is 486 g/mol. The first-order valence-electron chi connectivity index (χ1n) is 12.0. The summed E-state index contributed by atoms with van der Waals surface area (Å²) in [5.41, 5.74) is 1.11. The number of nitrogens with one attached hydrogen (secondary N) is 2. The molecule has 3 heterocycles. The largest absolute Gasteiger partial charge is 0.389 e. The van der Waals surface area contributed by atoms with Gasteiger partial charge >= 0.3 is 0 Å². The van der Waals surface area contributed by atoms with Gasteiger partial charge in [-0.3, -0.25) is 9.59 Å². The summed E-state index contributed by atoms with van der Waals surface area (Å²) in [6.07, 6.45) is 7.17. The highest BCUT2D eigenvalue weighted by Gasteiger charge is 2.33. The van der Waals surface area contributed by atoms with E-state index in [0.717, 1.165) is 42.6 Å². The Morgan fingerprint density at radius 1 is 1.32 bits per heavy atom. The molecular formula is C25H35N5O3S. The number of aliphatic hydroxyl groups is 1. The number of nitrogens with zero attached hydrogens (tertiary/aromatic N) is 3. The third-order valence-corrected chi connectivity index (χ3v) is 7.85. The van der Waals surface area contributed by atoms with Crippen molar-refractivity contribution < 1.29 is 14.7 Å². The zero-order chi connectivity index (χ0) is 24.7. The smallest absolute Gasteiger partial charge is 0.280 e. The quantitative estimate of drug-likeness (QED) is 0.547. The fraction of sp³-hybridized carbons (Fsp3) is 0.600. The van der Waals surface area contributed by atoms with Crippen LogP contribution in [0.2, 0.25) is 0 Å². The van der Waals surface area contributed by atoms with Crippen LogP contribution in [0.5, 0.6) is 0 Å². The minimum atomic E-state index is -1.04. The number of hydrogen-bond donors (Lipinski definition) is 3. The van der Waals surface area contributed by atoms with Gasteiger partial charge in [0.05, 0.1) is 10.5 Å². The number of carbonyl (C=O) groups is 2. The second-order valence-electron chi connectivity index (χ2n) is 10.6. The summed E-state index contributed by atoms with van der Waals surface area (Å²) in [7, 11) is 0. The van der Waals surface area contributed by atoms with E-state index in [1.165, 1.54) is 17.8 Å². The van der Waals surface area contributed by atoms with Crippen molar-refractivity contribution in [2.75, 3.05) is 18.4 Å². The summed E-state index contributed by atoms with van der Waals surface area (Å²) in [4.78, 5) is 37.9. The Kier molecular flexibility index (Phi) is 6.70. The van der Waals surface area contributed by atoms with E-state index in [1.54, 1.807) is 20.0 Å². The predicted molar refractivity (Wildman–Crippen MR) is 134 cm³/mol. The van der Waals surface area contributed by atoms with Crippen LogP contribution in [0.25, 0.3) is 10.4 Å². The summed E-state index contributed by atoms with van der Waals surface area (Å²) in [5, 5.41) is 16.4. The molecule has 34 heavy (non-hydrogen) atoms. The molecule has 184 valence electrons. The van der Waals surface area contributed by atoms with Crippen molar-refractivity contribution in [3.63, 3.8) is 0 Å². The monoisotopic (exact) mass is 485 g/mol. The number of carbonyl (C=O) groups excluding carboxylic acids is 2. The Morgan fingerprint density at radius 2 is 2.06 bits per heavy atom. The normalized spacial score (nSPS) is 19.6. The van der Waals surface area contributed by atoms with Crippen LogP contribution in [0.1, 0.15) is 85.7 Å². The van der Waals surface area contributed by atoms with Crippen molar-refractivity contribution in [2.24, 2.45) is 0 Å². The van der Waals surface area contributed by atoms with Gasteiger partial charge in [0.15, 0.2) is 5.01 Å². The van der Waals surface area contributed by atoms with E-state index >= 15 is 0 Å². The number of thiazole rings is 1. The van der Waals surface area contributed by atoms with E-state index in [0.29, 0.717) is 17.1 Å². The van der Waals surface area contributed by atoms with Crippen LogP contribution in [0.4, 0.5) is 5.82 Å². The van der Waals surface area contributed by atoms with Crippen LogP contribution in [0.3, 0.4) is 0 Å². The molecule has 2 aromatic heterocycles. The topological polar surface area (TPSA) is 107 Å². The van der Waals surface area contributed by atoms with E-state index in [1.807, 2.05) is 24.8 Å². The number of pyridine rings is 1. The molecule has 4 rings (SSSR count). The van der Waals surface area contributed by atoms with Crippen LogP contribution in [-0.2, 0) is 0 Å². The van der Waals surface area contributed by atoms with Crippen molar-refractivity contribution in [2.45, 2.75) is 83.9 Å². The van der Waals surface area contributed by atoms with Crippen LogP contribution in [0, 0.1) is 6.92 Å². The van der Waals surface area contributed by atoms with Gasteiger partial charge in [0.25, 0.3) is 11.8 Å². The van der Waals surface area contributed by atoms with E-state index in [9.17, 15) is 14.7 Å². The van der Waals surface area contributed by atoms with Gasteiger partial charge in [-0.1, -0.05) is 0 Å². The van der Waals surface area contributed by atoms with Crippen molar-refractivity contribution in [3.8, 4) is 10.4 Å². The number of hydrogen-bond acceptors (Lipinski definition) is 7. The lowest BCUT2D eigenvalue weighted by Gasteiger charge is -2.39. The Labute approximate surface area is 205 Å². The highest BCUT2D eigenvalue weighted by molar-refractivity contribution is 7.17. The molecule has 0 bridgehead atoms. The standard InChI is InChI=1S/C25H35N5O3S/c1-15-12-18(29-25(5)9-7-10-25)26-13-17(15)20-19(23(32)30-11-6-8-16(30)2)28-22(34-20)21(31)27-14-24(3,4)33/h12-13,16,33H,6-11,14H2,1-5H3,(H,26,29)(H,27,31)/t16-/m0/s1. The number of amides is 2. The molecule has 1 saturated heterocycles. The fourth-order valence-corrected chi connectivity index (χ4v) is 5.54. The second-order valence-corrected chi connectivity index (χ2v) is 11.6. The highest BCUT2D eigenvalue weighted by atomic mass is 32.1. The molecule has 1 aliphatic heterocycles. The molecule has 1 aliphatic carbocycles. The van der Waals surface area contributed by atoms with E-state index < -0.39 is 11.5 Å². The highest BCUT2D eigenvalue weighted by Crippen LogP contribution is 2.37. The number of aromatic nitrogens is 2. The van der Waals surface area contributed by atoms with Crippen LogP contribution in [0.15, 0.2) is 12.3 Å². The lowest BCUT2D eigenvalue weighted by atomic mass is 9.78. The van der Waals surface area contributed by atoms with Crippen LogP contribution >= 0.6 is 11.3 Å². The molecule has 9 heteroatoms. The van der Waals surface area contributed by atoms with Gasteiger partial charge in [0.1, 0.15) is 11.5 Å². The summed E-state index contributed by atoms with van der Waals surface area (Å²) < 4.78 is 0. The molecule has 2 aromatic rings. The van der Waals surface area contributed by atoms with Crippen molar-refractivity contribution in [1.29, 1.82) is 0 Å². The lowest BCUT2D eigenvalue weighted by molar-refractivity contribution is 0.0692. The maximum absolute atomic E-state index is 13.5. The lowest BCUT2D eigenvalue weighted by Crippen LogP contribution is -2.41. The third kappa shape index (κ3) is 5.25. The maximum atomic E-state index is 13.5. The van der Waals surface area contributed by atoms with E-state index in [4.69, 9.17) is 0 Å². The predicted octanol–water partition coefficient (Wildman–Crippen LogP) is 3.99. The molecule has 2 amide bonds. The van der Waals surface area contributed by atoms with Crippen LogP contribution in [-0.4, -0.2) is 62.1 Å². The Bertz CT molecular complexity index is 1090. The molecule has 1 saturated carbocycles. The van der Waals surface area contributed by atoms with Crippen molar-refractivity contribution in [3.05, 3.63) is 28.5 Å². The van der Waals surface area contributed by atoms with Crippen molar-refractivity contribution in [1.82, 2.24) is 20.2 Å². The third-order valence-electron chi connectivity index (χ3n) is 6.76. The molecule has 0 aromatic carbocycles. The summed E-state index contributed by atoms with van der Waals surface area (Å²) >= 11 is 1.20. The molecule has 0 spiro atoms. The molecular weight excluding hydrogens is 450 g/mol. The number of aryl methyl sites for hydroxylation is 1. The van der Waals surface area contributed by atoms with Gasteiger partial charge in [-0.2, -0.15) is 0 Å². The number of rotatable bonds is 7. The van der Waals surface area contributed by atoms with Gasteiger partial charge in [-0.05, 0) is 78.4 Å². The van der Waals surface area contributed by atoms with Gasteiger partial charge in [0, 0.05) is 36.4 Å². The molecule has 8 nitrogen and oxygen atoms in total.